The van der Waals surface area contributed by atoms with Gasteiger partial charge in [-0.2, -0.15) is 0 Å². The van der Waals surface area contributed by atoms with E-state index in [9.17, 15) is 9.18 Å². The summed E-state index contributed by atoms with van der Waals surface area (Å²) in [6, 6.07) is 23.3. The Kier molecular flexibility index (Phi) is 6.33. The molecule has 1 unspecified atom stereocenters. The van der Waals surface area contributed by atoms with Gasteiger partial charge < -0.3 is 15.1 Å². The van der Waals surface area contributed by atoms with E-state index in [-0.39, 0.29) is 17.5 Å². The third kappa shape index (κ3) is 4.78. The molecule has 4 nitrogen and oxygen atoms in total. The molecule has 0 bridgehead atoms. The maximum absolute atomic E-state index is 14.1. The highest BCUT2D eigenvalue weighted by Crippen LogP contribution is 2.19. The van der Waals surface area contributed by atoms with E-state index in [0.717, 1.165) is 25.2 Å². The SMILES string of the molecule is CN(C)c1ccc([C@H](CNC(=O)c2ccccc2F)[NH+]2CCc3ccccc3C2)cc1. The van der Waals surface area contributed by atoms with Crippen LogP contribution in [0.2, 0.25) is 0 Å². The van der Waals surface area contributed by atoms with Crippen LogP contribution >= 0.6 is 0 Å². The minimum Gasteiger partial charge on any atom is -0.378 e. The standard InChI is InChI=1S/C26H28FN3O/c1-29(2)22-13-11-20(12-14-22)25(17-28-26(31)23-9-5-6-10-24(23)27)30-16-15-19-7-3-4-8-21(19)18-30/h3-14,25H,15-18H2,1-2H3,(H,28,31)/p+1/t25-/m0/s1. The number of quaternary nitrogens is 1. The predicted molar refractivity (Wildman–Crippen MR) is 122 cm³/mol. The van der Waals surface area contributed by atoms with E-state index in [1.807, 2.05) is 14.1 Å². The molecule has 0 saturated carbocycles. The highest BCUT2D eigenvalue weighted by atomic mass is 19.1. The lowest BCUT2D eigenvalue weighted by molar-refractivity contribution is -0.945. The van der Waals surface area contributed by atoms with Crippen molar-refractivity contribution in [3.8, 4) is 0 Å². The summed E-state index contributed by atoms with van der Waals surface area (Å²) in [5.74, 6) is -0.865. The molecule has 0 aromatic heterocycles. The van der Waals surface area contributed by atoms with Crippen molar-refractivity contribution in [2.24, 2.45) is 0 Å². The van der Waals surface area contributed by atoms with Crippen LogP contribution in [-0.4, -0.2) is 33.1 Å². The van der Waals surface area contributed by atoms with Gasteiger partial charge in [-0.15, -0.1) is 0 Å². The van der Waals surface area contributed by atoms with E-state index in [1.165, 1.54) is 33.7 Å². The third-order valence-corrected chi connectivity index (χ3v) is 6.14. The number of halogens is 1. The number of hydrogen-bond donors (Lipinski definition) is 2. The Morgan fingerprint density at radius 3 is 2.39 bits per heavy atom. The zero-order chi connectivity index (χ0) is 21.8. The highest BCUT2D eigenvalue weighted by Gasteiger charge is 2.29. The van der Waals surface area contributed by atoms with Gasteiger partial charge in [-0.1, -0.05) is 48.5 Å². The summed E-state index contributed by atoms with van der Waals surface area (Å²) in [5, 5.41) is 2.99. The van der Waals surface area contributed by atoms with Crippen molar-refractivity contribution in [2.45, 2.75) is 19.0 Å². The Morgan fingerprint density at radius 2 is 1.68 bits per heavy atom. The molecular weight excluding hydrogens is 389 g/mol. The Bertz CT molecular complexity index is 1050. The number of amides is 1. The molecule has 5 heteroatoms. The molecule has 1 aliphatic heterocycles. The van der Waals surface area contributed by atoms with E-state index in [1.54, 1.807) is 12.1 Å². The van der Waals surface area contributed by atoms with Crippen LogP contribution in [0, 0.1) is 5.82 Å². The van der Waals surface area contributed by atoms with Gasteiger partial charge in [-0.05, 0) is 29.8 Å². The molecule has 1 amide bonds. The van der Waals surface area contributed by atoms with Crippen LogP contribution in [-0.2, 0) is 13.0 Å². The molecule has 3 aromatic rings. The van der Waals surface area contributed by atoms with E-state index >= 15 is 0 Å². The number of carbonyl (C=O) groups is 1. The average molecular weight is 419 g/mol. The quantitative estimate of drug-likeness (QED) is 0.646. The number of nitrogens with one attached hydrogen (secondary N) is 2. The first-order chi connectivity index (χ1) is 15.0. The summed E-state index contributed by atoms with van der Waals surface area (Å²) in [6.07, 6.45) is 1.01. The Labute approximate surface area is 183 Å². The van der Waals surface area contributed by atoms with Crippen LogP contribution in [0.4, 0.5) is 10.1 Å². The first-order valence-electron chi connectivity index (χ1n) is 10.7. The molecule has 160 valence electrons. The summed E-state index contributed by atoms with van der Waals surface area (Å²) in [7, 11) is 4.04. The minimum absolute atomic E-state index is 0.0836. The number of hydrogen-bond acceptors (Lipinski definition) is 2. The lowest BCUT2D eigenvalue weighted by Crippen LogP contribution is -3.12. The fourth-order valence-electron chi connectivity index (χ4n) is 4.34. The summed E-state index contributed by atoms with van der Waals surface area (Å²) in [6.45, 7) is 2.35. The number of nitrogens with zero attached hydrogens (tertiary/aromatic N) is 1. The molecule has 0 aliphatic carbocycles. The van der Waals surface area contributed by atoms with Gasteiger partial charge in [0.25, 0.3) is 5.91 Å². The van der Waals surface area contributed by atoms with E-state index in [4.69, 9.17) is 0 Å². The first kappa shape index (κ1) is 21.1. The molecule has 4 rings (SSSR count). The van der Waals surface area contributed by atoms with Gasteiger partial charge in [0.05, 0.1) is 18.7 Å². The second-order valence-electron chi connectivity index (χ2n) is 8.33. The van der Waals surface area contributed by atoms with E-state index in [2.05, 4.69) is 58.7 Å². The molecule has 1 aliphatic rings. The molecular formula is C26H29FN3O+. The highest BCUT2D eigenvalue weighted by molar-refractivity contribution is 5.94. The lowest BCUT2D eigenvalue weighted by atomic mass is 9.96. The fraction of sp³-hybridized carbons (Fsp3) is 0.269. The Hall–Kier alpha value is -3.18. The molecule has 1 heterocycles. The van der Waals surface area contributed by atoms with Crippen LogP contribution in [0.15, 0.2) is 72.8 Å². The molecule has 3 aromatic carbocycles. The lowest BCUT2D eigenvalue weighted by Gasteiger charge is -2.33. The molecule has 0 saturated heterocycles. The largest absolute Gasteiger partial charge is 0.378 e. The molecule has 0 radical (unpaired) electrons. The molecule has 2 atom stereocenters. The number of carbonyl (C=O) groups excluding carboxylic acids is 1. The zero-order valence-electron chi connectivity index (χ0n) is 18.1. The Morgan fingerprint density at radius 1 is 1.00 bits per heavy atom. The monoisotopic (exact) mass is 418 g/mol. The fourth-order valence-corrected chi connectivity index (χ4v) is 4.34. The van der Waals surface area contributed by atoms with Crippen LogP contribution < -0.4 is 15.1 Å². The second kappa shape index (κ2) is 9.31. The minimum atomic E-state index is -0.494. The maximum atomic E-state index is 14.1. The van der Waals surface area contributed by atoms with Gasteiger partial charge in [0.15, 0.2) is 0 Å². The van der Waals surface area contributed by atoms with Crippen molar-refractivity contribution in [3.63, 3.8) is 0 Å². The molecule has 31 heavy (non-hydrogen) atoms. The van der Waals surface area contributed by atoms with Crippen molar-refractivity contribution in [2.75, 3.05) is 32.1 Å². The van der Waals surface area contributed by atoms with Gasteiger partial charge in [0.1, 0.15) is 18.4 Å². The topological polar surface area (TPSA) is 36.8 Å². The molecule has 0 spiro atoms. The van der Waals surface area contributed by atoms with Crippen molar-refractivity contribution in [3.05, 3.63) is 101 Å². The van der Waals surface area contributed by atoms with Gasteiger partial charge in [0.2, 0.25) is 0 Å². The van der Waals surface area contributed by atoms with Crippen molar-refractivity contribution >= 4 is 11.6 Å². The van der Waals surface area contributed by atoms with Crippen molar-refractivity contribution < 1.29 is 14.1 Å². The normalized spacial score (nSPS) is 16.3. The smallest absolute Gasteiger partial charge is 0.254 e. The van der Waals surface area contributed by atoms with Crippen LogP contribution in [0.5, 0.6) is 0 Å². The first-order valence-corrected chi connectivity index (χ1v) is 10.7. The molecule has 2 N–H and O–H groups in total. The van der Waals surface area contributed by atoms with E-state index in [0.29, 0.717) is 6.54 Å². The van der Waals surface area contributed by atoms with Gasteiger partial charge in [-0.3, -0.25) is 4.79 Å². The van der Waals surface area contributed by atoms with Gasteiger partial charge in [-0.25, -0.2) is 4.39 Å². The summed E-state index contributed by atoms with van der Waals surface area (Å²) >= 11 is 0. The predicted octanol–water partition coefficient (Wildman–Crippen LogP) is 3.00. The number of rotatable bonds is 6. The van der Waals surface area contributed by atoms with Gasteiger partial charge >= 0.3 is 0 Å². The zero-order valence-corrected chi connectivity index (χ0v) is 18.1. The third-order valence-electron chi connectivity index (χ3n) is 6.14. The van der Waals surface area contributed by atoms with Gasteiger partial charge in [0, 0.05) is 37.3 Å². The number of benzene rings is 3. The number of anilines is 1. The second-order valence-corrected chi connectivity index (χ2v) is 8.33. The summed E-state index contributed by atoms with van der Waals surface area (Å²) in [4.78, 5) is 16.1. The van der Waals surface area contributed by atoms with Crippen LogP contribution in [0.3, 0.4) is 0 Å². The van der Waals surface area contributed by atoms with Crippen LogP contribution in [0.25, 0.3) is 0 Å². The van der Waals surface area contributed by atoms with Crippen molar-refractivity contribution in [1.82, 2.24) is 5.32 Å². The average Bonchev–Trinajstić information content (AvgIpc) is 2.79. The summed E-state index contributed by atoms with van der Waals surface area (Å²) < 4.78 is 14.1. The number of fused-ring (bicyclic) bond motifs is 1. The van der Waals surface area contributed by atoms with Crippen LogP contribution in [0.1, 0.15) is 33.1 Å². The van der Waals surface area contributed by atoms with Crippen molar-refractivity contribution in [1.29, 1.82) is 0 Å². The van der Waals surface area contributed by atoms with E-state index < -0.39 is 5.82 Å². The Balaban J connectivity index is 1.57. The summed E-state index contributed by atoms with van der Waals surface area (Å²) in [5.41, 5.74) is 5.16. The molecule has 0 fully saturated rings. The maximum Gasteiger partial charge on any atom is 0.254 e.